The number of nitrogens with zero attached hydrogens (tertiary/aromatic N) is 5. The first-order chi connectivity index (χ1) is 13.3. The van der Waals surface area contributed by atoms with Gasteiger partial charge in [-0.25, -0.2) is 14.6 Å². The summed E-state index contributed by atoms with van der Waals surface area (Å²) in [5.41, 5.74) is 1.30. The van der Waals surface area contributed by atoms with Crippen LogP contribution in [0.4, 0.5) is 0 Å². The van der Waals surface area contributed by atoms with Crippen molar-refractivity contribution in [3.63, 3.8) is 0 Å². The van der Waals surface area contributed by atoms with E-state index >= 15 is 0 Å². The minimum absolute atomic E-state index is 0.0405. The molecular formula is C21H27N5O. The fourth-order valence-electron chi connectivity index (χ4n) is 4.23. The summed E-state index contributed by atoms with van der Waals surface area (Å²) < 4.78 is 2.09. The van der Waals surface area contributed by atoms with Crippen molar-refractivity contribution < 1.29 is 4.79 Å². The molecule has 0 unspecified atom stereocenters. The van der Waals surface area contributed by atoms with Crippen LogP contribution in [0, 0.1) is 5.92 Å². The SMILES string of the molecule is O=C(c1cccc(-c2nc(CC3CCC3)nn2C2CCC2)n1)N1CCCC1. The van der Waals surface area contributed by atoms with Crippen molar-refractivity contribution in [3.8, 4) is 11.5 Å². The van der Waals surface area contributed by atoms with Crippen molar-refractivity contribution in [2.75, 3.05) is 13.1 Å². The molecule has 1 saturated heterocycles. The van der Waals surface area contributed by atoms with Crippen LogP contribution in [-0.2, 0) is 6.42 Å². The highest BCUT2D eigenvalue weighted by atomic mass is 16.2. The molecule has 0 N–H and O–H groups in total. The van der Waals surface area contributed by atoms with Crippen LogP contribution in [0.15, 0.2) is 18.2 Å². The summed E-state index contributed by atoms with van der Waals surface area (Å²) in [4.78, 5) is 24.2. The van der Waals surface area contributed by atoms with E-state index in [1.54, 1.807) is 0 Å². The summed E-state index contributed by atoms with van der Waals surface area (Å²) >= 11 is 0. The average molecular weight is 365 g/mol. The van der Waals surface area contributed by atoms with E-state index in [9.17, 15) is 4.79 Å². The van der Waals surface area contributed by atoms with Crippen molar-refractivity contribution in [1.82, 2.24) is 24.6 Å². The first-order valence-corrected chi connectivity index (χ1v) is 10.5. The largest absolute Gasteiger partial charge is 0.337 e. The second-order valence-corrected chi connectivity index (χ2v) is 8.29. The van der Waals surface area contributed by atoms with Gasteiger partial charge < -0.3 is 4.90 Å². The molecule has 1 aliphatic heterocycles. The summed E-state index contributed by atoms with van der Waals surface area (Å²) in [6.07, 6.45) is 10.6. The zero-order valence-electron chi connectivity index (χ0n) is 15.8. The molecule has 142 valence electrons. The van der Waals surface area contributed by atoms with Crippen LogP contribution < -0.4 is 0 Å². The number of carbonyl (C=O) groups excluding carboxylic acids is 1. The first kappa shape index (κ1) is 16.9. The third kappa shape index (κ3) is 3.26. The maximum absolute atomic E-state index is 12.7. The lowest BCUT2D eigenvalue weighted by Gasteiger charge is -2.26. The molecule has 1 amide bonds. The predicted octanol–water partition coefficient (Wildman–Crippen LogP) is 3.64. The van der Waals surface area contributed by atoms with Crippen LogP contribution >= 0.6 is 0 Å². The lowest BCUT2D eigenvalue weighted by atomic mass is 9.83. The molecular weight excluding hydrogens is 338 g/mol. The number of pyridine rings is 1. The molecule has 3 aliphatic rings. The van der Waals surface area contributed by atoms with Gasteiger partial charge in [-0.15, -0.1) is 0 Å². The fourth-order valence-corrected chi connectivity index (χ4v) is 4.23. The van der Waals surface area contributed by atoms with Crippen molar-refractivity contribution in [2.45, 2.75) is 63.8 Å². The van der Waals surface area contributed by atoms with Gasteiger partial charge in [0.15, 0.2) is 11.6 Å². The minimum atomic E-state index is 0.0405. The molecule has 0 bridgehead atoms. The Balaban J connectivity index is 1.45. The van der Waals surface area contributed by atoms with Gasteiger partial charge in [0.1, 0.15) is 11.4 Å². The number of rotatable bonds is 5. The van der Waals surface area contributed by atoms with Gasteiger partial charge in [-0.05, 0) is 50.2 Å². The highest BCUT2D eigenvalue weighted by Crippen LogP contribution is 2.35. The summed E-state index contributed by atoms with van der Waals surface area (Å²) in [5.74, 6) is 2.56. The number of amides is 1. The standard InChI is InChI=1S/C21H27N5O/c27-21(25-12-1-2-13-25)18-11-5-10-17(22-18)20-23-19(14-15-6-3-7-15)24-26(20)16-8-4-9-16/h5,10-11,15-16H,1-4,6-9,12-14H2. The second kappa shape index (κ2) is 7.06. The van der Waals surface area contributed by atoms with E-state index in [1.807, 2.05) is 23.1 Å². The lowest BCUT2D eigenvalue weighted by molar-refractivity contribution is 0.0787. The van der Waals surface area contributed by atoms with Gasteiger partial charge in [0.05, 0.1) is 6.04 Å². The van der Waals surface area contributed by atoms with E-state index in [1.165, 1.54) is 25.7 Å². The molecule has 3 fully saturated rings. The normalized spacial score (nSPS) is 20.5. The third-order valence-electron chi connectivity index (χ3n) is 6.38. The third-order valence-corrected chi connectivity index (χ3v) is 6.38. The molecule has 27 heavy (non-hydrogen) atoms. The van der Waals surface area contributed by atoms with E-state index in [-0.39, 0.29) is 5.91 Å². The van der Waals surface area contributed by atoms with Crippen LogP contribution in [-0.4, -0.2) is 43.6 Å². The molecule has 3 heterocycles. The van der Waals surface area contributed by atoms with Gasteiger partial charge in [-0.2, -0.15) is 5.10 Å². The number of carbonyl (C=O) groups is 1. The Morgan fingerprint density at radius 1 is 1.00 bits per heavy atom. The Labute approximate surface area is 160 Å². The first-order valence-electron chi connectivity index (χ1n) is 10.5. The highest BCUT2D eigenvalue weighted by molar-refractivity contribution is 5.92. The highest BCUT2D eigenvalue weighted by Gasteiger charge is 2.28. The topological polar surface area (TPSA) is 63.9 Å². The molecule has 0 atom stereocenters. The molecule has 5 rings (SSSR count). The molecule has 0 spiro atoms. The summed E-state index contributed by atoms with van der Waals surface area (Å²) in [6, 6.07) is 6.15. The molecule has 2 aromatic rings. The lowest BCUT2D eigenvalue weighted by Crippen LogP contribution is -2.28. The maximum Gasteiger partial charge on any atom is 0.272 e. The number of hydrogen-bond donors (Lipinski definition) is 0. The van der Waals surface area contributed by atoms with Crippen LogP contribution in [0.1, 0.15) is 73.7 Å². The van der Waals surface area contributed by atoms with Crippen molar-refractivity contribution >= 4 is 5.91 Å². The Morgan fingerprint density at radius 2 is 1.78 bits per heavy atom. The molecule has 6 heteroatoms. The fraction of sp³-hybridized carbons (Fsp3) is 0.619. The van der Waals surface area contributed by atoms with Gasteiger partial charge in [0, 0.05) is 19.5 Å². The second-order valence-electron chi connectivity index (χ2n) is 8.29. The summed E-state index contributed by atoms with van der Waals surface area (Å²) in [5, 5.41) is 4.85. The molecule has 2 aromatic heterocycles. The van der Waals surface area contributed by atoms with E-state index in [2.05, 4.69) is 4.68 Å². The van der Waals surface area contributed by atoms with Gasteiger partial charge in [0.25, 0.3) is 5.91 Å². The molecule has 0 radical (unpaired) electrons. The molecule has 2 aliphatic carbocycles. The van der Waals surface area contributed by atoms with Crippen molar-refractivity contribution in [1.29, 1.82) is 0 Å². The average Bonchev–Trinajstić information content (AvgIpc) is 3.26. The molecule has 2 saturated carbocycles. The zero-order chi connectivity index (χ0) is 18.2. The maximum atomic E-state index is 12.7. The van der Waals surface area contributed by atoms with Crippen LogP contribution in [0.5, 0.6) is 0 Å². The minimum Gasteiger partial charge on any atom is -0.337 e. The predicted molar refractivity (Wildman–Crippen MR) is 102 cm³/mol. The van der Waals surface area contributed by atoms with Gasteiger partial charge in [0.2, 0.25) is 0 Å². The number of aromatic nitrogens is 4. The van der Waals surface area contributed by atoms with Gasteiger partial charge in [-0.1, -0.05) is 25.3 Å². The van der Waals surface area contributed by atoms with Gasteiger partial charge >= 0.3 is 0 Å². The quantitative estimate of drug-likeness (QED) is 0.811. The Hall–Kier alpha value is -2.24. The zero-order valence-corrected chi connectivity index (χ0v) is 15.8. The smallest absolute Gasteiger partial charge is 0.272 e. The van der Waals surface area contributed by atoms with Crippen molar-refractivity contribution in [2.24, 2.45) is 5.92 Å². The Morgan fingerprint density at radius 3 is 2.44 bits per heavy atom. The Kier molecular flexibility index (Phi) is 4.42. The summed E-state index contributed by atoms with van der Waals surface area (Å²) in [6.45, 7) is 1.68. The van der Waals surface area contributed by atoms with E-state index < -0.39 is 0 Å². The van der Waals surface area contributed by atoms with E-state index in [4.69, 9.17) is 15.1 Å². The monoisotopic (exact) mass is 365 g/mol. The summed E-state index contributed by atoms with van der Waals surface area (Å²) in [7, 11) is 0. The van der Waals surface area contributed by atoms with Crippen LogP contribution in [0.2, 0.25) is 0 Å². The van der Waals surface area contributed by atoms with Gasteiger partial charge in [-0.3, -0.25) is 4.79 Å². The van der Waals surface area contributed by atoms with Crippen LogP contribution in [0.3, 0.4) is 0 Å². The number of likely N-dealkylation sites (tertiary alicyclic amines) is 1. The number of hydrogen-bond acceptors (Lipinski definition) is 4. The van der Waals surface area contributed by atoms with E-state index in [0.29, 0.717) is 11.7 Å². The molecule has 0 aromatic carbocycles. The van der Waals surface area contributed by atoms with E-state index in [0.717, 1.165) is 68.5 Å². The van der Waals surface area contributed by atoms with Crippen molar-refractivity contribution in [3.05, 3.63) is 29.7 Å². The van der Waals surface area contributed by atoms with Crippen LogP contribution in [0.25, 0.3) is 11.5 Å². The Bertz CT molecular complexity index is 831. The molecule has 6 nitrogen and oxygen atoms in total.